The monoisotopic (exact) mass is 274 g/mol. The minimum Gasteiger partial charge on any atom is -0.402 e. The molecule has 0 amide bonds. The summed E-state index contributed by atoms with van der Waals surface area (Å²) in [6, 6.07) is 19.3. The molecule has 2 N–H and O–H groups in total. The first kappa shape index (κ1) is 14.2. The fraction of sp³-hybridized carbons (Fsp3) is 0.143. The molecule has 5 heteroatoms. The number of benzene rings is 2. The van der Waals surface area contributed by atoms with E-state index >= 15 is 0 Å². The van der Waals surface area contributed by atoms with Crippen LogP contribution in [0.25, 0.3) is 0 Å². The van der Waals surface area contributed by atoms with E-state index in [1.54, 1.807) is 0 Å². The first-order chi connectivity index (χ1) is 9.13. The van der Waals surface area contributed by atoms with Crippen LogP contribution in [0.4, 0.5) is 0 Å². The maximum absolute atomic E-state index is 8.91. The van der Waals surface area contributed by atoms with E-state index < -0.39 is 12.1 Å². The number of rotatable bonds is 5. The van der Waals surface area contributed by atoms with E-state index in [0.29, 0.717) is 0 Å². The lowest BCUT2D eigenvalue weighted by Crippen LogP contribution is -2.31. The van der Waals surface area contributed by atoms with Crippen LogP contribution in [-0.2, 0) is 9.40 Å². The smallest absolute Gasteiger partial charge is 0.402 e. The van der Waals surface area contributed by atoms with Crippen LogP contribution in [0.1, 0.15) is 11.1 Å². The number of thiol groups is 1. The molecule has 98 valence electrons. The molecule has 0 radical (unpaired) electrons. The van der Waals surface area contributed by atoms with Crippen LogP contribution in [0.3, 0.4) is 0 Å². The molecule has 2 rings (SSSR count). The van der Waals surface area contributed by atoms with Crippen molar-refractivity contribution in [3.05, 3.63) is 71.8 Å². The first-order valence-corrected chi connectivity index (χ1v) is 6.39. The average Bonchev–Trinajstić information content (AvgIpc) is 2.46. The van der Waals surface area contributed by atoms with E-state index in [0.717, 1.165) is 11.1 Å². The van der Waals surface area contributed by atoms with Crippen molar-refractivity contribution in [1.29, 1.82) is 0 Å². The summed E-state index contributed by atoms with van der Waals surface area (Å²) in [6.45, 7) is 0.0573. The predicted molar refractivity (Wildman–Crippen MR) is 78.8 cm³/mol. The largest absolute Gasteiger partial charge is 0.633 e. The summed E-state index contributed by atoms with van der Waals surface area (Å²) in [4.78, 5) is 0. The molecule has 2 aromatic rings. The highest BCUT2D eigenvalue weighted by molar-refractivity contribution is 7.81. The summed E-state index contributed by atoms with van der Waals surface area (Å²) in [5, 5.41) is 17.8. The molecule has 3 nitrogen and oxygen atoms in total. The molecule has 0 aliphatic heterocycles. The summed E-state index contributed by atoms with van der Waals surface area (Å²) in [7, 11) is -1.81. The summed E-state index contributed by atoms with van der Waals surface area (Å²) >= 11 is 4.73. The van der Waals surface area contributed by atoms with Gasteiger partial charge in [-0.2, -0.15) is 12.6 Å². The van der Waals surface area contributed by atoms with Crippen molar-refractivity contribution in [3.8, 4) is 0 Å². The zero-order chi connectivity index (χ0) is 13.7. The Morgan fingerprint density at radius 2 is 1.32 bits per heavy atom. The van der Waals surface area contributed by atoms with Crippen molar-refractivity contribution >= 4 is 20.0 Å². The van der Waals surface area contributed by atoms with Crippen LogP contribution in [0.2, 0.25) is 0 Å². The number of hydrogen-bond donors (Lipinski definition) is 3. The molecule has 0 saturated heterocycles. The third kappa shape index (κ3) is 3.39. The Bertz CT molecular complexity index is 465. The van der Waals surface area contributed by atoms with Gasteiger partial charge in [-0.15, -0.1) is 0 Å². The number of hydrogen-bond acceptors (Lipinski definition) is 4. The van der Waals surface area contributed by atoms with Gasteiger partial charge in [-0.05, 0) is 11.1 Å². The molecule has 19 heavy (non-hydrogen) atoms. The molecular formula is C14H15BO3S. The Morgan fingerprint density at radius 3 is 1.68 bits per heavy atom. The molecule has 2 aromatic carbocycles. The molecule has 0 atom stereocenters. The Hall–Kier alpha value is -1.27. The van der Waals surface area contributed by atoms with E-state index in [1.807, 2.05) is 60.7 Å². The van der Waals surface area contributed by atoms with Crippen LogP contribution < -0.4 is 0 Å². The Kier molecular flexibility index (Phi) is 4.66. The van der Waals surface area contributed by atoms with E-state index in [2.05, 4.69) is 0 Å². The van der Waals surface area contributed by atoms with Gasteiger partial charge in [0.1, 0.15) is 0 Å². The van der Waals surface area contributed by atoms with Crippen molar-refractivity contribution in [2.24, 2.45) is 0 Å². The highest BCUT2D eigenvalue weighted by atomic mass is 32.1. The van der Waals surface area contributed by atoms with Gasteiger partial charge in [-0.3, -0.25) is 0 Å². The molecule has 0 saturated carbocycles. The van der Waals surface area contributed by atoms with Crippen LogP contribution in [0.15, 0.2) is 60.7 Å². The van der Waals surface area contributed by atoms with Gasteiger partial charge in [0, 0.05) is 0 Å². The highest BCUT2D eigenvalue weighted by Gasteiger charge is 2.31. The maximum Gasteiger partial charge on any atom is 0.633 e. The topological polar surface area (TPSA) is 49.7 Å². The minimum absolute atomic E-state index is 0.0573. The van der Waals surface area contributed by atoms with Gasteiger partial charge >= 0.3 is 7.32 Å². The summed E-state index contributed by atoms with van der Waals surface area (Å²) < 4.78 is 4.22. The van der Waals surface area contributed by atoms with Crippen molar-refractivity contribution in [2.75, 3.05) is 6.61 Å². The lowest BCUT2D eigenvalue weighted by molar-refractivity contribution is 0.174. The normalized spacial score (nSPS) is 11.3. The third-order valence-corrected chi connectivity index (χ3v) is 3.59. The van der Waals surface area contributed by atoms with Gasteiger partial charge in [0.15, 0.2) is 0 Å². The quantitative estimate of drug-likeness (QED) is 0.576. The van der Waals surface area contributed by atoms with Crippen molar-refractivity contribution in [2.45, 2.75) is 4.75 Å². The lowest BCUT2D eigenvalue weighted by atomic mass is 9.90. The SMILES string of the molecule is OB(O)OCC(S)(c1ccccc1)c1ccccc1. The van der Waals surface area contributed by atoms with Gasteiger partial charge in [-0.1, -0.05) is 60.7 Å². The van der Waals surface area contributed by atoms with E-state index in [1.165, 1.54) is 0 Å². The molecule has 0 aliphatic carbocycles. The Balaban J connectivity index is 2.39. The molecule has 0 heterocycles. The van der Waals surface area contributed by atoms with Crippen molar-refractivity contribution in [3.63, 3.8) is 0 Å². The van der Waals surface area contributed by atoms with Gasteiger partial charge < -0.3 is 14.7 Å². The summed E-state index contributed by atoms with van der Waals surface area (Å²) in [5.74, 6) is 0. The average molecular weight is 274 g/mol. The van der Waals surface area contributed by atoms with Crippen LogP contribution in [0.5, 0.6) is 0 Å². The van der Waals surface area contributed by atoms with E-state index in [-0.39, 0.29) is 6.61 Å². The van der Waals surface area contributed by atoms with Crippen LogP contribution >= 0.6 is 12.6 Å². The van der Waals surface area contributed by atoms with Gasteiger partial charge in [-0.25, -0.2) is 0 Å². The standard InChI is InChI=1S/C14H15BO3S/c16-15(17)18-11-14(19,12-7-3-1-4-8-12)13-9-5-2-6-10-13/h1-10,16-17,19H,11H2. The van der Waals surface area contributed by atoms with Crippen molar-refractivity contribution in [1.82, 2.24) is 0 Å². The van der Waals surface area contributed by atoms with Crippen molar-refractivity contribution < 1.29 is 14.7 Å². The summed E-state index contributed by atoms with van der Waals surface area (Å²) in [6.07, 6.45) is 0. The molecule has 0 bridgehead atoms. The van der Waals surface area contributed by atoms with Crippen LogP contribution in [0, 0.1) is 0 Å². The van der Waals surface area contributed by atoms with Gasteiger partial charge in [0.25, 0.3) is 0 Å². The molecule has 0 spiro atoms. The summed E-state index contributed by atoms with van der Waals surface area (Å²) in [5.41, 5.74) is 1.87. The zero-order valence-corrected chi connectivity index (χ0v) is 11.2. The molecule has 0 aromatic heterocycles. The fourth-order valence-electron chi connectivity index (χ4n) is 1.96. The maximum atomic E-state index is 8.91. The third-order valence-electron chi connectivity index (χ3n) is 2.94. The Morgan fingerprint density at radius 1 is 0.895 bits per heavy atom. The second kappa shape index (κ2) is 6.26. The van der Waals surface area contributed by atoms with Crippen LogP contribution in [-0.4, -0.2) is 24.0 Å². The molecule has 0 fully saturated rings. The lowest BCUT2D eigenvalue weighted by Gasteiger charge is -2.29. The first-order valence-electron chi connectivity index (χ1n) is 5.94. The highest BCUT2D eigenvalue weighted by Crippen LogP contribution is 2.36. The van der Waals surface area contributed by atoms with Gasteiger partial charge in [0.2, 0.25) is 0 Å². The minimum atomic E-state index is -1.81. The predicted octanol–water partition coefficient (Wildman–Crippen LogP) is 1.85. The molecule has 0 unspecified atom stereocenters. The molecular weight excluding hydrogens is 259 g/mol. The zero-order valence-electron chi connectivity index (χ0n) is 10.3. The Labute approximate surface area is 118 Å². The second-order valence-electron chi connectivity index (χ2n) is 4.23. The fourth-order valence-corrected chi connectivity index (χ4v) is 2.33. The molecule has 0 aliphatic rings. The van der Waals surface area contributed by atoms with E-state index in [9.17, 15) is 0 Å². The second-order valence-corrected chi connectivity index (χ2v) is 4.99. The van der Waals surface area contributed by atoms with Gasteiger partial charge in [0.05, 0.1) is 11.4 Å². The van der Waals surface area contributed by atoms with E-state index in [4.69, 9.17) is 27.3 Å².